The van der Waals surface area contributed by atoms with Gasteiger partial charge in [-0.25, -0.2) is 0 Å². The number of hydrogen-bond donors (Lipinski definition) is 0. The lowest BCUT2D eigenvalue weighted by molar-refractivity contribution is -0.686. The third-order valence-corrected chi connectivity index (χ3v) is 1.69. The highest BCUT2D eigenvalue weighted by Crippen LogP contribution is 1.92. The molecule has 0 aliphatic rings. The lowest BCUT2D eigenvalue weighted by atomic mass is 10.2. The zero-order valence-electron chi connectivity index (χ0n) is 7.78. The van der Waals surface area contributed by atoms with Crippen LogP contribution < -0.4 is 4.57 Å². The highest BCUT2D eigenvalue weighted by molar-refractivity contribution is 5.90. The Labute approximate surface area is 77.0 Å². The van der Waals surface area contributed by atoms with Crippen molar-refractivity contribution in [1.29, 1.82) is 0 Å². The number of Topliss-reactive ketones (excluding diaryl/α,β-unsaturated/α-hetero) is 2. The molecule has 0 amide bonds. The van der Waals surface area contributed by atoms with Crippen molar-refractivity contribution < 1.29 is 14.2 Å². The molecule has 13 heavy (non-hydrogen) atoms. The summed E-state index contributed by atoms with van der Waals surface area (Å²) in [5.74, 6) is 0.0144. The van der Waals surface area contributed by atoms with Crippen LogP contribution in [-0.4, -0.2) is 11.6 Å². The molecule has 68 valence electrons. The van der Waals surface area contributed by atoms with Crippen LogP contribution in [0.25, 0.3) is 0 Å². The van der Waals surface area contributed by atoms with Crippen LogP contribution in [0.5, 0.6) is 0 Å². The van der Waals surface area contributed by atoms with Crippen LogP contribution in [0.15, 0.2) is 24.4 Å². The first-order chi connectivity index (χ1) is 6.11. The van der Waals surface area contributed by atoms with Gasteiger partial charge < -0.3 is 0 Å². The Bertz CT molecular complexity index is 345. The first-order valence-corrected chi connectivity index (χ1v) is 4.10. The topological polar surface area (TPSA) is 38.0 Å². The van der Waals surface area contributed by atoms with Gasteiger partial charge in [0.25, 0.3) is 0 Å². The van der Waals surface area contributed by atoms with Crippen molar-refractivity contribution in [2.45, 2.75) is 20.4 Å². The number of hydrogen-bond acceptors (Lipinski definition) is 2. The minimum atomic E-state index is -0.0261. The molecule has 3 heteroatoms. The lowest BCUT2D eigenvalue weighted by Crippen LogP contribution is -2.42. The third kappa shape index (κ3) is 2.47. The molecular weight excluding hydrogens is 166 g/mol. The molecule has 0 saturated heterocycles. The van der Waals surface area contributed by atoms with Crippen molar-refractivity contribution in [2.24, 2.45) is 0 Å². The molecule has 0 unspecified atom stereocenters. The molecule has 0 aliphatic heterocycles. The number of ketones is 2. The molecule has 0 fully saturated rings. The average Bonchev–Trinajstić information content (AvgIpc) is 2.03. The Hall–Kier alpha value is -1.51. The summed E-state index contributed by atoms with van der Waals surface area (Å²) in [5.41, 5.74) is 0.567. The van der Waals surface area contributed by atoms with Crippen LogP contribution in [-0.2, 0) is 11.3 Å². The smallest absolute Gasteiger partial charge is 0.248 e. The van der Waals surface area contributed by atoms with Crippen molar-refractivity contribution in [3.8, 4) is 0 Å². The molecule has 0 N–H and O–H groups in total. The maximum Gasteiger partial charge on any atom is 0.248 e. The SMILES string of the molecule is CC(=O)C[n+]1ccccc1C(C)=O. The fraction of sp³-hybridized carbons (Fsp3) is 0.300. The van der Waals surface area contributed by atoms with Gasteiger partial charge in [-0.15, -0.1) is 0 Å². The van der Waals surface area contributed by atoms with Gasteiger partial charge in [-0.2, -0.15) is 4.57 Å². The Balaban J connectivity index is 3.04. The molecule has 1 rings (SSSR count). The van der Waals surface area contributed by atoms with Gasteiger partial charge in [0.1, 0.15) is 0 Å². The predicted molar refractivity (Wildman–Crippen MR) is 47.3 cm³/mol. The fourth-order valence-electron chi connectivity index (χ4n) is 1.17. The van der Waals surface area contributed by atoms with Crippen LogP contribution in [0, 0.1) is 0 Å². The van der Waals surface area contributed by atoms with Gasteiger partial charge in [0, 0.05) is 26.0 Å². The van der Waals surface area contributed by atoms with E-state index in [1.165, 1.54) is 13.8 Å². The van der Waals surface area contributed by atoms with E-state index in [0.717, 1.165) is 0 Å². The van der Waals surface area contributed by atoms with Crippen molar-refractivity contribution in [3.63, 3.8) is 0 Å². The van der Waals surface area contributed by atoms with E-state index in [2.05, 4.69) is 0 Å². The molecule has 0 atom stereocenters. The second kappa shape index (κ2) is 3.94. The fourth-order valence-corrected chi connectivity index (χ4v) is 1.17. The molecule has 0 radical (unpaired) electrons. The summed E-state index contributed by atoms with van der Waals surface area (Å²) in [6.07, 6.45) is 1.73. The zero-order valence-corrected chi connectivity index (χ0v) is 7.78. The largest absolute Gasteiger partial charge is 0.293 e. The van der Waals surface area contributed by atoms with E-state index in [9.17, 15) is 9.59 Å². The van der Waals surface area contributed by atoms with Gasteiger partial charge in [0.05, 0.1) is 0 Å². The second-order valence-electron chi connectivity index (χ2n) is 2.97. The molecule has 0 aromatic carbocycles. The highest BCUT2D eigenvalue weighted by atomic mass is 16.1. The molecule has 0 spiro atoms. The molecule has 0 aliphatic carbocycles. The molecule has 0 bridgehead atoms. The molecular formula is C10H12NO2+. The van der Waals surface area contributed by atoms with Crippen LogP contribution in [0.2, 0.25) is 0 Å². The van der Waals surface area contributed by atoms with E-state index in [1.54, 1.807) is 29.0 Å². The number of rotatable bonds is 3. The summed E-state index contributed by atoms with van der Waals surface area (Å²) in [7, 11) is 0. The maximum absolute atomic E-state index is 11.1. The monoisotopic (exact) mass is 178 g/mol. The minimum absolute atomic E-state index is 0.0261. The number of nitrogens with zero attached hydrogens (tertiary/aromatic N) is 1. The number of pyridine rings is 1. The number of carbonyl (C=O) groups is 2. The van der Waals surface area contributed by atoms with Gasteiger partial charge >= 0.3 is 0 Å². The van der Waals surface area contributed by atoms with Crippen molar-refractivity contribution in [1.82, 2.24) is 0 Å². The van der Waals surface area contributed by atoms with E-state index in [0.29, 0.717) is 5.69 Å². The first-order valence-electron chi connectivity index (χ1n) is 4.10. The van der Waals surface area contributed by atoms with Gasteiger partial charge in [0.2, 0.25) is 18.0 Å². The number of aromatic nitrogens is 1. The highest BCUT2D eigenvalue weighted by Gasteiger charge is 2.14. The summed E-state index contributed by atoms with van der Waals surface area (Å²) in [6.45, 7) is 3.26. The summed E-state index contributed by atoms with van der Waals surface area (Å²) in [5, 5.41) is 0. The Morgan fingerprint density at radius 1 is 1.31 bits per heavy atom. The summed E-state index contributed by atoms with van der Waals surface area (Å²) in [4.78, 5) is 22.0. The Kier molecular flexibility index (Phi) is 2.90. The molecule has 1 heterocycles. The van der Waals surface area contributed by atoms with E-state index in [-0.39, 0.29) is 18.1 Å². The second-order valence-corrected chi connectivity index (χ2v) is 2.97. The van der Waals surface area contributed by atoms with Gasteiger partial charge in [0.15, 0.2) is 12.0 Å². The van der Waals surface area contributed by atoms with Gasteiger partial charge in [-0.3, -0.25) is 9.59 Å². The van der Waals surface area contributed by atoms with Crippen LogP contribution in [0.4, 0.5) is 0 Å². The first kappa shape index (κ1) is 9.58. The van der Waals surface area contributed by atoms with Crippen LogP contribution in [0.1, 0.15) is 24.3 Å². The zero-order chi connectivity index (χ0) is 9.84. The van der Waals surface area contributed by atoms with E-state index < -0.39 is 0 Å². The van der Waals surface area contributed by atoms with Gasteiger partial charge in [-0.1, -0.05) is 0 Å². The summed E-state index contributed by atoms with van der Waals surface area (Å²) >= 11 is 0. The van der Waals surface area contributed by atoms with Crippen molar-refractivity contribution in [2.75, 3.05) is 0 Å². The molecule has 0 saturated carbocycles. The third-order valence-electron chi connectivity index (χ3n) is 1.69. The predicted octanol–water partition coefficient (Wildman–Crippen LogP) is 0.766. The summed E-state index contributed by atoms with van der Waals surface area (Å²) in [6, 6.07) is 5.30. The van der Waals surface area contributed by atoms with E-state index in [1.807, 2.05) is 0 Å². The van der Waals surface area contributed by atoms with E-state index >= 15 is 0 Å². The van der Waals surface area contributed by atoms with Crippen LogP contribution in [0.3, 0.4) is 0 Å². The Morgan fingerprint density at radius 2 is 2.00 bits per heavy atom. The normalized spacial score (nSPS) is 9.69. The maximum atomic E-state index is 11.1. The van der Waals surface area contributed by atoms with Crippen molar-refractivity contribution in [3.05, 3.63) is 30.1 Å². The molecule has 1 aromatic heterocycles. The molecule has 3 nitrogen and oxygen atoms in total. The quantitative estimate of drug-likeness (QED) is 0.506. The van der Waals surface area contributed by atoms with E-state index in [4.69, 9.17) is 0 Å². The lowest BCUT2D eigenvalue weighted by Gasteiger charge is -1.97. The standard InChI is InChI=1S/C10H12NO2/c1-8(12)7-11-6-4-3-5-10(11)9(2)13/h3-6H,7H2,1-2H3/q+1. The summed E-state index contributed by atoms with van der Waals surface area (Å²) < 4.78 is 1.66. The Morgan fingerprint density at radius 3 is 2.54 bits per heavy atom. The number of carbonyl (C=O) groups excluding carboxylic acids is 2. The van der Waals surface area contributed by atoms with Crippen molar-refractivity contribution >= 4 is 11.6 Å². The minimum Gasteiger partial charge on any atom is -0.293 e. The van der Waals surface area contributed by atoms with Gasteiger partial charge in [-0.05, 0) is 6.07 Å². The average molecular weight is 178 g/mol. The molecule has 1 aromatic rings. The van der Waals surface area contributed by atoms with Crippen LogP contribution >= 0.6 is 0 Å².